The number of ether oxygens (including phenoxy) is 1. The number of esters is 1. The third-order valence-corrected chi connectivity index (χ3v) is 1.57. The summed E-state index contributed by atoms with van der Waals surface area (Å²) >= 11 is 0. The maximum atomic E-state index is 11.5. The largest absolute Gasteiger partial charge is 0.459 e. The summed E-state index contributed by atoms with van der Waals surface area (Å²) in [4.78, 5) is 11.5. The van der Waals surface area contributed by atoms with Crippen molar-refractivity contribution in [2.45, 2.75) is 39.0 Å². The molecular formula is C9H16N4O2. The molecule has 0 aliphatic heterocycles. The Morgan fingerprint density at radius 2 is 2.27 bits per heavy atom. The molecule has 1 rings (SSSR count). The Kier molecular flexibility index (Phi) is 3.41. The smallest absolute Gasteiger partial charge is 0.325 e. The van der Waals surface area contributed by atoms with Gasteiger partial charge < -0.3 is 10.5 Å². The first-order valence-corrected chi connectivity index (χ1v) is 4.71. The molecule has 2 N–H and O–H groups in total. The Balaban J connectivity index is 2.47. The van der Waals surface area contributed by atoms with Crippen LogP contribution in [-0.4, -0.2) is 32.6 Å². The molecule has 0 unspecified atom stereocenters. The molecule has 1 aromatic rings. The van der Waals surface area contributed by atoms with E-state index in [9.17, 15) is 4.79 Å². The van der Waals surface area contributed by atoms with Crippen molar-refractivity contribution in [2.24, 2.45) is 5.73 Å². The van der Waals surface area contributed by atoms with Crippen molar-refractivity contribution in [2.75, 3.05) is 0 Å². The summed E-state index contributed by atoms with van der Waals surface area (Å²) in [6.45, 7) is 5.67. The van der Waals surface area contributed by atoms with Gasteiger partial charge in [0.15, 0.2) is 0 Å². The van der Waals surface area contributed by atoms with Crippen LogP contribution in [0, 0.1) is 0 Å². The van der Waals surface area contributed by atoms with Gasteiger partial charge in [-0.1, -0.05) is 5.21 Å². The van der Waals surface area contributed by atoms with E-state index in [1.54, 1.807) is 27.0 Å². The number of hydrogen-bond donors (Lipinski definition) is 1. The van der Waals surface area contributed by atoms with E-state index in [0.29, 0.717) is 0 Å². The quantitative estimate of drug-likeness (QED) is 0.710. The van der Waals surface area contributed by atoms with E-state index >= 15 is 0 Å². The molecule has 15 heavy (non-hydrogen) atoms. The topological polar surface area (TPSA) is 83.0 Å². The van der Waals surface area contributed by atoms with E-state index in [1.807, 2.05) is 0 Å². The third-order valence-electron chi connectivity index (χ3n) is 1.57. The van der Waals surface area contributed by atoms with Crippen molar-refractivity contribution >= 4 is 5.97 Å². The van der Waals surface area contributed by atoms with Gasteiger partial charge in [-0.25, -0.2) is 0 Å². The molecule has 0 amide bonds. The van der Waals surface area contributed by atoms with Crippen LogP contribution in [0.1, 0.15) is 20.8 Å². The summed E-state index contributed by atoms with van der Waals surface area (Å²) in [5, 5.41) is 7.33. The van der Waals surface area contributed by atoms with Gasteiger partial charge in [-0.2, -0.15) is 0 Å². The summed E-state index contributed by atoms with van der Waals surface area (Å²) in [5.74, 6) is -0.432. The standard InChI is InChI=1S/C9H16N4O2/c1-9(2,3)15-8(14)7(10)6-13-5-4-11-12-13/h4-5,7H,6,10H2,1-3H3/t7-/m0/s1. The first-order valence-electron chi connectivity index (χ1n) is 4.71. The summed E-state index contributed by atoms with van der Waals surface area (Å²) in [5.41, 5.74) is 5.14. The second-order valence-corrected chi connectivity index (χ2v) is 4.27. The van der Waals surface area contributed by atoms with Crippen molar-refractivity contribution < 1.29 is 9.53 Å². The van der Waals surface area contributed by atoms with Crippen molar-refractivity contribution in [3.05, 3.63) is 12.4 Å². The van der Waals surface area contributed by atoms with E-state index in [0.717, 1.165) is 0 Å². The van der Waals surface area contributed by atoms with Gasteiger partial charge in [-0.3, -0.25) is 9.48 Å². The minimum atomic E-state index is -0.717. The zero-order valence-electron chi connectivity index (χ0n) is 9.17. The Bertz CT molecular complexity index is 315. The number of hydrogen-bond acceptors (Lipinski definition) is 5. The first-order chi connectivity index (χ1) is 6.88. The summed E-state index contributed by atoms with van der Waals surface area (Å²) in [6.07, 6.45) is 3.17. The van der Waals surface area contributed by atoms with E-state index in [4.69, 9.17) is 10.5 Å². The van der Waals surface area contributed by atoms with Gasteiger partial charge in [0.25, 0.3) is 0 Å². The zero-order valence-corrected chi connectivity index (χ0v) is 9.17. The fraction of sp³-hybridized carbons (Fsp3) is 0.667. The van der Waals surface area contributed by atoms with Crippen LogP contribution < -0.4 is 5.73 Å². The Hall–Kier alpha value is -1.43. The molecule has 84 valence electrons. The third kappa shape index (κ3) is 4.07. The van der Waals surface area contributed by atoms with E-state index in [-0.39, 0.29) is 6.54 Å². The van der Waals surface area contributed by atoms with Crippen molar-refractivity contribution in [3.8, 4) is 0 Å². The first kappa shape index (κ1) is 11.6. The zero-order chi connectivity index (χ0) is 11.5. The van der Waals surface area contributed by atoms with Gasteiger partial charge in [0.05, 0.1) is 12.7 Å². The second-order valence-electron chi connectivity index (χ2n) is 4.27. The number of nitrogens with two attached hydrogens (primary N) is 1. The predicted octanol–water partition coefficient (Wildman–Crippen LogP) is -0.0529. The SMILES string of the molecule is CC(C)(C)OC(=O)[C@@H](N)Cn1ccnn1. The molecule has 0 saturated carbocycles. The fourth-order valence-corrected chi connectivity index (χ4v) is 0.984. The van der Waals surface area contributed by atoms with Crippen molar-refractivity contribution in [1.82, 2.24) is 15.0 Å². The number of aromatic nitrogens is 3. The lowest BCUT2D eigenvalue weighted by atomic mass is 10.2. The van der Waals surface area contributed by atoms with Crippen LogP contribution in [0.4, 0.5) is 0 Å². The summed E-state index contributed by atoms with van der Waals surface area (Å²) in [6, 6.07) is -0.717. The van der Waals surface area contributed by atoms with Crippen LogP contribution in [0.3, 0.4) is 0 Å². The predicted molar refractivity (Wildman–Crippen MR) is 53.8 cm³/mol. The summed E-state index contributed by atoms with van der Waals surface area (Å²) in [7, 11) is 0. The molecule has 0 fully saturated rings. The fourth-order valence-electron chi connectivity index (χ4n) is 0.984. The highest BCUT2D eigenvalue weighted by Gasteiger charge is 2.22. The second kappa shape index (κ2) is 4.39. The van der Waals surface area contributed by atoms with Gasteiger partial charge >= 0.3 is 5.97 Å². The molecule has 0 aromatic carbocycles. The molecule has 0 bridgehead atoms. The van der Waals surface area contributed by atoms with Crippen molar-refractivity contribution in [1.29, 1.82) is 0 Å². The van der Waals surface area contributed by atoms with Gasteiger partial charge in [-0.05, 0) is 20.8 Å². The van der Waals surface area contributed by atoms with Crippen LogP contribution in [0.5, 0.6) is 0 Å². The van der Waals surface area contributed by atoms with Gasteiger partial charge in [0.1, 0.15) is 11.6 Å². The van der Waals surface area contributed by atoms with Gasteiger partial charge in [-0.15, -0.1) is 5.10 Å². The normalized spacial score (nSPS) is 13.6. The van der Waals surface area contributed by atoms with Gasteiger partial charge in [0.2, 0.25) is 0 Å². The van der Waals surface area contributed by atoms with E-state index in [1.165, 1.54) is 10.9 Å². The molecule has 0 spiro atoms. The number of carbonyl (C=O) groups is 1. The molecule has 0 aliphatic carbocycles. The van der Waals surface area contributed by atoms with Gasteiger partial charge in [0, 0.05) is 6.20 Å². The molecular weight excluding hydrogens is 196 g/mol. The number of nitrogens with zero attached hydrogens (tertiary/aromatic N) is 3. The van der Waals surface area contributed by atoms with Crippen LogP contribution >= 0.6 is 0 Å². The molecule has 0 saturated heterocycles. The van der Waals surface area contributed by atoms with Crippen molar-refractivity contribution in [3.63, 3.8) is 0 Å². The van der Waals surface area contributed by atoms with E-state index in [2.05, 4.69) is 10.3 Å². The molecule has 1 aromatic heterocycles. The molecule has 0 radical (unpaired) electrons. The van der Waals surface area contributed by atoms with E-state index < -0.39 is 17.6 Å². The number of carbonyl (C=O) groups excluding carboxylic acids is 1. The van der Waals surface area contributed by atoms with Crippen LogP contribution in [0.2, 0.25) is 0 Å². The average Bonchev–Trinajstić information content (AvgIpc) is 2.53. The minimum absolute atomic E-state index is 0.273. The monoisotopic (exact) mass is 212 g/mol. The molecule has 6 heteroatoms. The Morgan fingerprint density at radius 3 is 2.73 bits per heavy atom. The number of rotatable bonds is 3. The van der Waals surface area contributed by atoms with Crippen LogP contribution in [-0.2, 0) is 16.1 Å². The highest BCUT2D eigenvalue weighted by Crippen LogP contribution is 2.08. The lowest BCUT2D eigenvalue weighted by Gasteiger charge is -2.21. The molecule has 0 aliphatic rings. The highest BCUT2D eigenvalue weighted by molar-refractivity contribution is 5.75. The Morgan fingerprint density at radius 1 is 1.60 bits per heavy atom. The molecule has 6 nitrogen and oxygen atoms in total. The lowest BCUT2D eigenvalue weighted by molar-refractivity contribution is -0.156. The minimum Gasteiger partial charge on any atom is -0.459 e. The highest BCUT2D eigenvalue weighted by atomic mass is 16.6. The molecule has 1 heterocycles. The Labute approximate surface area is 88.4 Å². The maximum absolute atomic E-state index is 11.5. The van der Waals surface area contributed by atoms with Crippen LogP contribution in [0.15, 0.2) is 12.4 Å². The maximum Gasteiger partial charge on any atom is 0.325 e. The lowest BCUT2D eigenvalue weighted by Crippen LogP contribution is -2.40. The van der Waals surface area contributed by atoms with Crippen LogP contribution in [0.25, 0.3) is 0 Å². The average molecular weight is 212 g/mol. The summed E-state index contributed by atoms with van der Waals surface area (Å²) < 4.78 is 6.62. The molecule has 1 atom stereocenters.